The molecule has 92 valence electrons. The van der Waals surface area contributed by atoms with Crippen LogP contribution in [0.25, 0.3) is 0 Å². The molecule has 16 heavy (non-hydrogen) atoms. The molecule has 0 bridgehead atoms. The molecule has 1 amide bonds. The van der Waals surface area contributed by atoms with Crippen molar-refractivity contribution in [2.24, 2.45) is 5.92 Å². The zero-order valence-electron chi connectivity index (χ0n) is 10.6. The lowest BCUT2D eigenvalue weighted by molar-refractivity contribution is -0.137. The minimum atomic E-state index is 0.429. The third-order valence-corrected chi connectivity index (χ3v) is 4.31. The molecule has 2 fully saturated rings. The summed E-state index contributed by atoms with van der Waals surface area (Å²) >= 11 is 0. The fourth-order valence-corrected chi connectivity index (χ4v) is 3.41. The van der Waals surface area contributed by atoms with Crippen LogP contribution in [0.2, 0.25) is 0 Å². The van der Waals surface area contributed by atoms with Crippen LogP contribution >= 0.6 is 0 Å². The molecule has 1 aliphatic heterocycles. The van der Waals surface area contributed by atoms with E-state index >= 15 is 0 Å². The Morgan fingerprint density at radius 1 is 1.19 bits per heavy atom. The van der Waals surface area contributed by atoms with Crippen LogP contribution in [-0.4, -0.2) is 23.4 Å². The van der Waals surface area contributed by atoms with Gasteiger partial charge in [0, 0.05) is 19.0 Å². The van der Waals surface area contributed by atoms with Crippen molar-refractivity contribution >= 4 is 5.91 Å². The maximum atomic E-state index is 12.1. The average Bonchev–Trinajstić information content (AvgIpc) is 2.35. The molecule has 0 aromatic carbocycles. The third kappa shape index (κ3) is 2.58. The van der Waals surface area contributed by atoms with Crippen molar-refractivity contribution in [3.8, 4) is 0 Å². The van der Waals surface area contributed by atoms with Gasteiger partial charge < -0.3 is 4.90 Å². The lowest BCUT2D eigenvalue weighted by atomic mass is 9.78. The van der Waals surface area contributed by atoms with E-state index in [1.165, 1.54) is 38.5 Å². The Labute approximate surface area is 99.4 Å². The molecular weight excluding hydrogens is 198 g/mol. The van der Waals surface area contributed by atoms with Crippen LogP contribution in [0.4, 0.5) is 0 Å². The van der Waals surface area contributed by atoms with E-state index < -0.39 is 0 Å². The van der Waals surface area contributed by atoms with Crippen LogP contribution in [0, 0.1) is 5.92 Å². The number of nitrogens with zero attached hydrogens (tertiary/aromatic N) is 1. The number of piperidine rings is 1. The van der Waals surface area contributed by atoms with Gasteiger partial charge in [0.05, 0.1) is 0 Å². The zero-order chi connectivity index (χ0) is 11.4. The number of amides is 1. The number of unbranched alkanes of at least 4 members (excludes halogenated alkanes) is 1. The number of likely N-dealkylation sites (tertiary alicyclic amines) is 1. The van der Waals surface area contributed by atoms with E-state index in [1.54, 1.807) is 0 Å². The van der Waals surface area contributed by atoms with Crippen LogP contribution in [-0.2, 0) is 4.79 Å². The first-order valence-corrected chi connectivity index (χ1v) is 7.12. The Bertz CT molecular complexity index is 237. The molecule has 2 aliphatic rings. The Kier molecular flexibility index (Phi) is 4.25. The van der Waals surface area contributed by atoms with Gasteiger partial charge in [-0.15, -0.1) is 0 Å². The molecule has 2 atom stereocenters. The van der Waals surface area contributed by atoms with E-state index in [2.05, 4.69) is 11.8 Å². The minimum absolute atomic E-state index is 0.429. The number of carbonyl (C=O) groups excluding carboxylic acids is 1. The van der Waals surface area contributed by atoms with Gasteiger partial charge in [-0.25, -0.2) is 0 Å². The molecular formula is C14H25NO. The lowest BCUT2D eigenvalue weighted by Gasteiger charge is -2.44. The first-order chi connectivity index (χ1) is 7.83. The van der Waals surface area contributed by atoms with Gasteiger partial charge in [-0.3, -0.25) is 4.79 Å². The highest BCUT2D eigenvalue weighted by Crippen LogP contribution is 2.35. The second-order valence-electron chi connectivity index (χ2n) is 5.44. The van der Waals surface area contributed by atoms with Gasteiger partial charge in [0.25, 0.3) is 0 Å². The quantitative estimate of drug-likeness (QED) is 0.718. The minimum Gasteiger partial charge on any atom is -0.339 e. The highest BCUT2D eigenvalue weighted by molar-refractivity contribution is 5.76. The van der Waals surface area contributed by atoms with Crippen LogP contribution < -0.4 is 0 Å². The smallest absolute Gasteiger partial charge is 0.222 e. The number of carbonyl (C=O) groups is 1. The van der Waals surface area contributed by atoms with E-state index in [1.807, 2.05) is 0 Å². The van der Waals surface area contributed by atoms with Crippen molar-refractivity contribution in [3.05, 3.63) is 0 Å². The van der Waals surface area contributed by atoms with Gasteiger partial charge in [-0.2, -0.15) is 0 Å². The molecule has 1 heterocycles. The summed E-state index contributed by atoms with van der Waals surface area (Å²) in [5.74, 6) is 1.26. The van der Waals surface area contributed by atoms with Crippen LogP contribution in [0.3, 0.4) is 0 Å². The van der Waals surface area contributed by atoms with Gasteiger partial charge in [-0.1, -0.05) is 26.2 Å². The van der Waals surface area contributed by atoms with Gasteiger partial charge in [-0.05, 0) is 38.0 Å². The van der Waals surface area contributed by atoms with E-state index in [4.69, 9.17) is 0 Å². The Morgan fingerprint density at radius 3 is 2.75 bits per heavy atom. The van der Waals surface area contributed by atoms with Crippen molar-refractivity contribution in [1.29, 1.82) is 0 Å². The summed E-state index contributed by atoms with van der Waals surface area (Å²) in [6.07, 6.45) is 10.9. The van der Waals surface area contributed by atoms with Crippen molar-refractivity contribution in [3.63, 3.8) is 0 Å². The van der Waals surface area contributed by atoms with Gasteiger partial charge >= 0.3 is 0 Å². The zero-order valence-corrected chi connectivity index (χ0v) is 10.6. The van der Waals surface area contributed by atoms with Crippen molar-refractivity contribution in [2.75, 3.05) is 6.54 Å². The Hall–Kier alpha value is -0.530. The fourth-order valence-electron chi connectivity index (χ4n) is 3.41. The second kappa shape index (κ2) is 5.70. The van der Waals surface area contributed by atoms with Gasteiger partial charge in [0.2, 0.25) is 5.91 Å². The predicted octanol–water partition coefficient (Wildman–Crippen LogP) is 3.36. The summed E-state index contributed by atoms with van der Waals surface area (Å²) in [5.41, 5.74) is 0. The van der Waals surface area contributed by atoms with Crippen molar-refractivity contribution in [1.82, 2.24) is 4.90 Å². The predicted molar refractivity (Wildman–Crippen MR) is 66.2 cm³/mol. The Morgan fingerprint density at radius 2 is 1.94 bits per heavy atom. The molecule has 2 rings (SSSR count). The molecule has 1 saturated carbocycles. The van der Waals surface area contributed by atoms with E-state index in [0.717, 1.165) is 31.7 Å². The monoisotopic (exact) mass is 223 g/mol. The highest BCUT2D eigenvalue weighted by Gasteiger charge is 2.35. The van der Waals surface area contributed by atoms with E-state index in [-0.39, 0.29) is 0 Å². The first-order valence-electron chi connectivity index (χ1n) is 7.12. The van der Waals surface area contributed by atoms with Crippen LogP contribution in [0.15, 0.2) is 0 Å². The third-order valence-electron chi connectivity index (χ3n) is 4.31. The second-order valence-corrected chi connectivity index (χ2v) is 5.44. The Balaban J connectivity index is 1.93. The number of fused-ring (bicyclic) bond motifs is 1. The summed E-state index contributed by atoms with van der Waals surface area (Å²) in [6.45, 7) is 3.19. The van der Waals surface area contributed by atoms with Crippen LogP contribution in [0.5, 0.6) is 0 Å². The molecule has 0 aromatic heterocycles. The summed E-state index contributed by atoms with van der Waals surface area (Å²) in [6, 6.07) is 0.604. The highest BCUT2D eigenvalue weighted by atomic mass is 16.2. The molecule has 2 nitrogen and oxygen atoms in total. The molecule has 0 spiro atoms. The number of hydrogen-bond acceptors (Lipinski definition) is 1. The fraction of sp³-hybridized carbons (Fsp3) is 0.929. The number of hydrogen-bond donors (Lipinski definition) is 0. The SMILES string of the molecule is CCCCC(=O)N1CCC[C@H]2CCCC[C@@H]21. The summed E-state index contributed by atoms with van der Waals surface area (Å²) < 4.78 is 0. The van der Waals surface area contributed by atoms with E-state index in [0.29, 0.717) is 11.9 Å². The van der Waals surface area contributed by atoms with Crippen molar-refractivity contribution < 1.29 is 4.79 Å². The van der Waals surface area contributed by atoms with E-state index in [9.17, 15) is 4.79 Å². The summed E-state index contributed by atoms with van der Waals surface area (Å²) in [5, 5.41) is 0. The maximum Gasteiger partial charge on any atom is 0.222 e. The van der Waals surface area contributed by atoms with Crippen molar-refractivity contribution in [2.45, 2.75) is 70.8 Å². The molecule has 1 saturated heterocycles. The summed E-state index contributed by atoms with van der Waals surface area (Å²) in [4.78, 5) is 14.4. The molecule has 2 heteroatoms. The maximum absolute atomic E-state index is 12.1. The molecule has 0 aromatic rings. The topological polar surface area (TPSA) is 20.3 Å². The normalized spacial score (nSPS) is 29.9. The molecule has 0 radical (unpaired) electrons. The molecule has 1 aliphatic carbocycles. The standard InChI is InChI=1S/C14H25NO/c1-2-3-10-14(16)15-11-6-8-12-7-4-5-9-13(12)15/h12-13H,2-11H2,1H3/t12-,13+/m1/s1. The summed E-state index contributed by atoms with van der Waals surface area (Å²) in [7, 11) is 0. The van der Waals surface area contributed by atoms with Crippen LogP contribution in [0.1, 0.15) is 64.7 Å². The molecule has 0 unspecified atom stereocenters. The van der Waals surface area contributed by atoms with Gasteiger partial charge in [0.15, 0.2) is 0 Å². The largest absolute Gasteiger partial charge is 0.339 e. The average molecular weight is 223 g/mol. The number of rotatable bonds is 3. The first kappa shape index (κ1) is 11.9. The lowest BCUT2D eigenvalue weighted by Crippen LogP contribution is -2.49. The van der Waals surface area contributed by atoms with Gasteiger partial charge in [0.1, 0.15) is 0 Å². The molecule has 0 N–H and O–H groups in total.